The van der Waals surface area contributed by atoms with Gasteiger partial charge in [0.15, 0.2) is 0 Å². The van der Waals surface area contributed by atoms with Crippen molar-refractivity contribution in [3.05, 3.63) is 29.8 Å². The Morgan fingerprint density at radius 1 is 1.31 bits per heavy atom. The van der Waals surface area contributed by atoms with Crippen molar-refractivity contribution >= 4 is 23.5 Å². The lowest BCUT2D eigenvalue weighted by molar-refractivity contribution is -0.114. The van der Waals surface area contributed by atoms with Crippen molar-refractivity contribution in [3.63, 3.8) is 0 Å². The number of ether oxygens (including phenoxy) is 1. The zero-order chi connectivity index (χ0) is 12.0. The molecule has 3 nitrogen and oxygen atoms in total. The first-order chi connectivity index (χ1) is 7.65. The number of rotatable bonds is 5. The van der Waals surface area contributed by atoms with E-state index in [1.54, 1.807) is 19.1 Å². The van der Waals surface area contributed by atoms with Gasteiger partial charge in [-0.15, -0.1) is 11.8 Å². The highest BCUT2D eigenvalue weighted by molar-refractivity contribution is 8.00. The number of hydrogen-bond donors (Lipinski definition) is 0. The SMILES string of the molecule is CCOC(=O)c1ccccc1SCC(C)=O. The van der Waals surface area contributed by atoms with E-state index in [1.807, 2.05) is 12.1 Å². The van der Waals surface area contributed by atoms with Gasteiger partial charge in [-0.2, -0.15) is 0 Å². The van der Waals surface area contributed by atoms with Crippen molar-refractivity contribution in [1.29, 1.82) is 0 Å². The fourth-order valence-corrected chi connectivity index (χ4v) is 1.99. The van der Waals surface area contributed by atoms with Gasteiger partial charge in [-0.25, -0.2) is 4.79 Å². The summed E-state index contributed by atoms with van der Waals surface area (Å²) in [5, 5.41) is 0. The summed E-state index contributed by atoms with van der Waals surface area (Å²) in [7, 11) is 0. The van der Waals surface area contributed by atoms with Crippen molar-refractivity contribution in [2.75, 3.05) is 12.4 Å². The van der Waals surface area contributed by atoms with Gasteiger partial charge in [0, 0.05) is 4.90 Å². The Balaban J connectivity index is 2.82. The van der Waals surface area contributed by atoms with Crippen molar-refractivity contribution in [1.82, 2.24) is 0 Å². The second-order valence-corrected chi connectivity index (χ2v) is 4.22. The average Bonchev–Trinajstić information content (AvgIpc) is 2.27. The van der Waals surface area contributed by atoms with Gasteiger partial charge in [0.1, 0.15) is 5.78 Å². The molecule has 0 spiro atoms. The van der Waals surface area contributed by atoms with E-state index in [0.717, 1.165) is 4.90 Å². The van der Waals surface area contributed by atoms with Crippen LogP contribution >= 0.6 is 11.8 Å². The van der Waals surface area contributed by atoms with Gasteiger partial charge < -0.3 is 4.74 Å². The quantitative estimate of drug-likeness (QED) is 0.584. The second kappa shape index (κ2) is 6.33. The van der Waals surface area contributed by atoms with Crippen LogP contribution in [0.4, 0.5) is 0 Å². The topological polar surface area (TPSA) is 43.4 Å². The summed E-state index contributed by atoms with van der Waals surface area (Å²) in [5.41, 5.74) is 0.524. The predicted molar refractivity (Wildman–Crippen MR) is 63.8 cm³/mol. The number of benzene rings is 1. The fourth-order valence-electron chi connectivity index (χ4n) is 1.15. The van der Waals surface area contributed by atoms with Crippen LogP contribution in [-0.2, 0) is 9.53 Å². The van der Waals surface area contributed by atoms with E-state index in [0.29, 0.717) is 17.9 Å². The maximum absolute atomic E-state index is 11.6. The van der Waals surface area contributed by atoms with Gasteiger partial charge in [0.2, 0.25) is 0 Å². The third-order valence-corrected chi connectivity index (χ3v) is 3.03. The Morgan fingerprint density at radius 3 is 2.62 bits per heavy atom. The monoisotopic (exact) mass is 238 g/mol. The molecular formula is C12H14O3S. The normalized spacial score (nSPS) is 9.88. The summed E-state index contributed by atoms with van der Waals surface area (Å²) in [6, 6.07) is 7.15. The molecule has 0 unspecified atom stereocenters. The number of esters is 1. The average molecular weight is 238 g/mol. The van der Waals surface area contributed by atoms with Crippen LogP contribution in [0.1, 0.15) is 24.2 Å². The lowest BCUT2D eigenvalue weighted by Crippen LogP contribution is -2.06. The Morgan fingerprint density at radius 2 is 2.00 bits per heavy atom. The zero-order valence-corrected chi connectivity index (χ0v) is 10.2. The van der Waals surface area contributed by atoms with Crippen molar-refractivity contribution in [2.24, 2.45) is 0 Å². The van der Waals surface area contributed by atoms with Crippen molar-refractivity contribution in [2.45, 2.75) is 18.7 Å². The number of carbonyl (C=O) groups is 2. The van der Waals surface area contributed by atoms with Gasteiger partial charge in [-0.05, 0) is 26.0 Å². The molecule has 0 atom stereocenters. The van der Waals surface area contributed by atoms with Crippen LogP contribution < -0.4 is 0 Å². The molecule has 1 aromatic carbocycles. The molecule has 0 saturated heterocycles. The van der Waals surface area contributed by atoms with Crippen LogP contribution in [0.15, 0.2) is 29.2 Å². The Kier molecular flexibility index (Phi) is 5.05. The smallest absolute Gasteiger partial charge is 0.339 e. The molecule has 1 aromatic rings. The molecule has 0 aliphatic rings. The number of hydrogen-bond acceptors (Lipinski definition) is 4. The van der Waals surface area contributed by atoms with Crippen LogP contribution in [-0.4, -0.2) is 24.1 Å². The minimum absolute atomic E-state index is 0.0867. The first kappa shape index (κ1) is 12.8. The molecule has 0 amide bonds. The molecule has 16 heavy (non-hydrogen) atoms. The van der Waals surface area contributed by atoms with Gasteiger partial charge in [-0.3, -0.25) is 4.79 Å². The van der Waals surface area contributed by atoms with E-state index in [1.165, 1.54) is 18.7 Å². The molecule has 0 aliphatic heterocycles. The molecule has 0 heterocycles. The molecule has 0 aliphatic carbocycles. The van der Waals surface area contributed by atoms with E-state index in [4.69, 9.17) is 4.74 Å². The van der Waals surface area contributed by atoms with Gasteiger partial charge >= 0.3 is 5.97 Å². The standard InChI is InChI=1S/C12H14O3S/c1-3-15-12(14)10-6-4-5-7-11(10)16-8-9(2)13/h4-7H,3,8H2,1-2H3. The molecule has 4 heteroatoms. The number of carbonyl (C=O) groups excluding carboxylic acids is 2. The highest BCUT2D eigenvalue weighted by atomic mass is 32.2. The van der Waals surface area contributed by atoms with Gasteiger partial charge in [0.25, 0.3) is 0 Å². The van der Waals surface area contributed by atoms with Gasteiger partial charge in [0.05, 0.1) is 17.9 Å². The van der Waals surface area contributed by atoms with E-state index in [-0.39, 0.29) is 11.8 Å². The van der Waals surface area contributed by atoms with Crippen LogP contribution in [0.5, 0.6) is 0 Å². The molecule has 0 fully saturated rings. The number of Topliss-reactive ketones (excluding diaryl/α,β-unsaturated/α-hetero) is 1. The largest absolute Gasteiger partial charge is 0.462 e. The molecular weight excluding hydrogens is 224 g/mol. The Hall–Kier alpha value is -1.29. The third-order valence-electron chi connectivity index (χ3n) is 1.81. The van der Waals surface area contributed by atoms with E-state index < -0.39 is 0 Å². The summed E-state index contributed by atoms with van der Waals surface area (Å²) in [4.78, 5) is 23.3. The molecule has 86 valence electrons. The minimum Gasteiger partial charge on any atom is -0.462 e. The summed E-state index contributed by atoms with van der Waals surface area (Å²) < 4.78 is 4.94. The highest BCUT2D eigenvalue weighted by Crippen LogP contribution is 2.23. The van der Waals surface area contributed by atoms with Gasteiger partial charge in [-0.1, -0.05) is 12.1 Å². The molecule has 1 rings (SSSR count). The zero-order valence-electron chi connectivity index (χ0n) is 9.36. The highest BCUT2D eigenvalue weighted by Gasteiger charge is 2.12. The summed E-state index contributed by atoms with van der Waals surface area (Å²) in [6.07, 6.45) is 0. The van der Waals surface area contributed by atoms with Crippen LogP contribution in [0.3, 0.4) is 0 Å². The minimum atomic E-state index is -0.339. The molecule has 0 radical (unpaired) electrons. The molecule has 0 aromatic heterocycles. The Labute approximate surface area is 99.2 Å². The molecule has 0 bridgehead atoms. The van der Waals surface area contributed by atoms with E-state index in [2.05, 4.69) is 0 Å². The molecule has 0 N–H and O–H groups in total. The van der Waals surface area contributed by atoms with E-state index in [9.17, 15) is 9.59 Å². The number of thioether (sulfide) groups is 1. The lowest BCUT2D eigenvalue weighted by atomic mass is 10.2. The first-order valence-corrected chi connectivity index (χ1v) is 6.02. The van der Waals surface area contributed by atoms with Crippen LogP contribution in [0.25, 0.3) is 0 Å². The van der Waals surface area contributed by atoms with Crippen molar-refractivity contribution in [3.8, 4) is 0 Å². The van der Waals surface area contributed by atoms with Crippen LogP contribution in [0.2, 0.25) is 0 Å². The van der Waals surface area contributed by atoms with E-state index >= 15 is 0 Å². The third kappa shape index (κ3) is 3.70. The Bertz CT molecular complexity index is 388. The maximum Gasteiger partial charge on any atom is 0.339 e. The number of ketones is 1. The predicted octanol–water partition coefficient (Wildman–Crippen LogP) is 2.54. The maximum atomic E-state index is 11.6. The molecule has 0 saturated carbocycles. The first-order valence-electron chi connectivity index (χ1n) is 5.03. The van der Waals surface area contributed by atoms with Crippen LogP contribution in [0, 0.1) is 0 Å². The summed E-state index contributed by atoms with van der Waals surface area (Å²) >= 11 is 1.36. The lowest BCUT2D eigenvalue weighted by Gasteiger charge is -2.07. The second-order valence-electron chi connectivity index (χ2n) is 3.21. The summed E-state index contributed by atoms with van der Waals surface area (Å²) in [5.74, 6) is 0.119. The van der Waals surface area contributed by atoms with Crippen molar-refractivity contribution < 1.29 is 14.3 Å². The summed E-state index contributed by atoms with van der Waals surface area (Å²) in [6.45, 7) is 3.65. The fraction of sp³-hybridized carbons (Fsp3) is 0.333.